The van der Waals surface area contributed by atoms with E-state index in [9.17, 15) is 9.59 Å². The molecule has 5 heterocycles. The minimum atomic E-state index is -1.25. The van der Waals surface area contributed by atoms with Crippen molar-refractivity contribution < 1.29 is 14.3 Å². The highest BCUT2D eigenvalue weighted by Crippen LogP contribution is 2.24. The molecule has 1 atom stereocenters. The number of carbonyl (C=O) groups is 2. The van der Waals surface area contributed by atoms with E-state index in [1.165, 1.54) is 0 Å². The molecule has 39 heavy (non-hydrogen) atoms. The minimum absolute atomic E-state index is 0.149. The van der Waals surface area contributed by atoms with Gasteiger partial charge in [-0.15, -0.1) is 0 Å². The molecule has 0 radical (unpaired) electrons. The highest BCUT2D eigenvalue weighted by molar-refractivity contribution is 6.76. The molecule has 0 aliphatic carbocycles. The molecule has 0 spiro atoms. The standard InChI is InChI=1S/C27H32N8O3Si/c1-18(27(37)33-14-19(11-28)15-33)31-26(36)20-16-34(17-38-9-10-39(2,3)4)25-24(20)32-21(12-30-25)22-13-29-23-7-5-6-8-35(22)23/h5-8,12-13,16,18-19H,9-10,14-15,17H2,1-4H3,(H,31,36)/t18-/m1/s1. The zero-order valence-corrected chi connectivity index (χ0v) is 23.6. The fourth-order valence-electron chi connectivity index (χ4n) is 4.45. The van der Waals surface area contributed by atoms with E-state index in [2.05, 4.69) is 41.0 Å². The Hall–Kier alpha value is -4.08. The van der Waals surface area contributed by atoms with Crippen molar-refractivity contribution in [2.75, 3.05) is 19.7 Å². The van der Waals surface area contributed by atoms with Gasteiger partial charge >= 0.3 is 0 Å². The van der Waals surface area contributed by atoms with Gasteiger partial charge in [0.25, 0.3) is 5.91 Å². The normalized spacial score (nSPS) is 14.8. The Kier molecular flexibility index (Phi) is 7.20. The monoisotopic (exact) mass is 544 g/mol. The lowest BCUT2D eigenvalue weighted by Gasteiger charge is -2.37. The molecule has 1 aliphatic rings. The summed E-state index contributed by atoms with van der Waals surface area (Å²) in [6.45, 7) is 10.1. The van der Waals surface area contributed by atoms with Crippen molar-refractivity contribution in [3.63, 3.8) is 0 Å². The summed E-state index contributed by atoms with van der Waals surface area (Å²) in [7, 11) is -1.25. The van der Waals surface area contributed by atoms with Crippen LogP contribution in [0.25, 0.3) is 28.2 Å². The van der Waals surface area contributed by atoms with Gasteiger partial charge in [-0.1, -0.05) is 25.7 Å². The van der Waals surface area contributed by atoms with Crippen molar-refractivity contribution in [3.8, 4) is 17.5 Å². The zero-order chi connectivity index (χ0) is 27.7. The van der Waals surface area contributed by atoms with Gasteiger partial charge in [0.2, 0.25) is 5.91 Å². The Morgan fingerprint density at radius 1 is 1.23 bits per heavy atom. The summed E-state index contributed by atoms with van der Waals surface area (Å²) >= 11 is 0. The number of nitrogens with zero attached hydrogens (tertiary/aromatic N) is 7. The molecule has 0 saturated carbocycles. The number of likely N-dealkylation sites (tertiary alicyclic amines) is 1. The van der Waals surface area contributed by atoms with Crippen molar-refractivity contribution in [1.82, 2.24) is 34.1 Å². The number of amides is 2. The first-order chi connectivity index (χ1) is 18.6. The van der Waals surface area contributed by atoms with Gasteiger partial charge in [-0.3, -0.25) is 14.0 Å². The Bertz CT molecular complexity index is 1580. The second-order valence-electron chi connectivity index (χ2n) is 11.1. The lowest BCUT2D eigenvalue weighted by molar-refractivity contribution is -0.137. The first kappa shape index (κ1) is 26.5. The largest absolute Gasteiger partial charge is 0.361 e. The number of hydrogen-bond donors (Lipinski definition) is 1. The molecule has 4 aromatic heterocycles. The molecule has 1 N–H and O–H groups in total. The minimum Gasteiger partial charge on any atom is -0.361 e. The third-order valence-electron chi connectivity index (χ3n) is 6.81. The number of rotatable bonds is 9. The van der Waals surface area contributed by atoms with E-state index in [1.54, 1.807) is 35.0 Å². The Labute approximate surface area is 227 Å². The Morgan fingerprint density at radius 3 is 2.77 bits per heavy atom. The smallest absolute Gasteiger partial charge is 0.255 e. The van der Waals surface area contributed by atoms with Crippen LogP contribution in [0.15, 0.2) is 43.0 Å². The summed E-state index contributed by atoms with van der Waals surface area (Å²) in [5, 5.41) is 11.8. The third-order valence-corrected chi connectivity index (χ3v) is 8.51. The first-order valence-corrected chi connectivity index (χ1v) is 16.7. The Morgan fingerprint density at radius 2 is 2.03 bits per heavy atom. The fourth-order valence-corrected chi connectivity index (χ4v) is 5.21. The van der Waals surface area contributed by atoms with Crippen molar-refractivity contribution in [1.29, 1.82) is 5.26 Å². The van der Waals surface area contributed by atoms with Gasteiger partial charge in [0, 0.05) is 40.2 Å². The zero-order valence-electron chi connectivity index (χ0n) is 22.6. The topological polar surface area (TPSA) is 130 Å². The van der Waals surface area contributed by atoms with Crippen LogP contribution in [0, 0.1) is 17.2 Å². The molecule has 1 fully saturated rings. The van der Waals surface area contributed by atoms with Crippen molar-refractivity contribution in [3.05, 3.63) is 48.5 Å². The summed E-state index contributed by atoms with van der Waals surface area (Å²) in [5.41, 5.74) is 3.33. The van der Waals surface area contributed by atoms with Crippen LogP contribution >= 0.6 is 0 Å². The maximum Gasteiger partial charge on any atom is 0.255 e. The van der Waals surface area contributed by atoms with Crippen LogP contribution in [0.5, 0.6) is 0 Å². The average molecular weight is 545 g/mol. The van der Waals surface area contributed by atoms with Crippen LogP contribution in [-0.4, -0.2) is 74.4 Å². The van der Waals surface area contributed by atoms with E-state index >= 15 is 0 Å². The maximum atomic E-state index is 13.4. The predicted octanol–water partition coefficient (Wildman–Crippen LogP) is 3.16. The number of aromatic nitrogens is 5. The van der Waals surface area contributed by atoms with Gasteiger partial charge in [-0.05, 0) is 25.1 Å². The Balaban J connectivity index is 1.44. The van der Waals surface area contributed by atoms with Crippen molar-refractivity contribution in [2.24, 2.45) is 5.92 Å². The number of pyridine rings is 1. The van der Waals surface area contributed by atoms with E-state index < -0.39 is 20.0 Å². The van der Waals surface area contributed by atoms with Crippen LogP contribution < -0.4 is 5.32 Å². The summed E-state index contributed by atoms with van der Waals surface area (Å²) in [6.07, 6.45) is 6.97. The van der Waals surface area contributed by atoms with Gasteiger partial charge in [0.15, 0.2) is 5.65 Å². The molecular formula is C27H32N8O3Si. The number of imidazole rings is 1. The number of nitrogens with one attached hydrogen (secondary N) is 1. The van der Waals surface area contributed by atoms with Crippen molar-refractivity contribution >= 4 is 36.7 Å². The molecule has 0 bridgehead atoms. The summed E-state index contributed by atoms with van der Waals surface area (Å²) in [4.78, 5) is 41.7. The molecule has 202 valence electrons. The second-order valence-corrected chi connectivity index (χ2v) is 16.7. The number of fused-ring (bicyclic) bond motifs is 2. The van der Waals surface area contributed by atoms with Gasteiger partial charge in [-0.25, -0.2) is 15.0 Å². The van der Waals surface area contributed by atoms with E-state index in [-0.39, 0.29) is 18.6 Å². The maximum absolute atomic E-state index is 13.4. The molecule has 0 unspecified atom stereocenters. The highest BCUT2D eigenvalue weighted by atomic mass is 28.3. The van der Waals surface area contributed by atoms with Crippen LogP contribution in [0.3, 0.4) is 0 Å². The average Bonchev–Trinajstić information content (AvgIpc) is 3.47. The molecule has 2 amide bonds. The number of carbonyl (C=O) groups excluding carboxylic acids is 2. The van der Waals surface area contributed by atoms with E-state index in [0.717, 1.165) is 17.4 Å². The first-order valence-electron chi connectivity index (χ1n) is 13.0. The predicted molar refractivity (Wildman–Crippen MR) is 148 cm³/mol. The number of ether oxygens (including phenoxy) is 1. The molecule has 12 heteroatoms. The van der Waals surface area contributed by atoms with Crippen LogP contribution in [0.2, 0.25) is 25.7 Å². The van der Waals surface area contributed by atoms with E-state index in [1.807, 2.05) is 28.8 Å². The molecule has 4 aromatic rings. The number of hydrogen-bond acceptors (Lipinski definition) is 7. The van der Waals surface area contributed by atoms with E-state index in [0.29, 0.717) is 42.1 Å². The molecule has 1 aliphatic heterocycles. The lowest BCUT2D eigenvalue weighted by Crippen LogP contribution is -2.55. The summed E-state index contributed by atoms with van der Waals surface area (Å²) in [5.74, 6) is -0.793. The highest BCUT2D eigenvalue weighted by Gasteiger charge is 2.34. The lowest BCUT2D eigenvalue weighted by atomic mass is 10.0. The van der Waals surface area contributed by atoms with E-state index in [4.69, 9.17) is 15.0 Å². The summed E-state index contributed by atoms with van der Waals surface area (Å²) in [6, 6.07) is 8.15. The number of nitriles is 1. The molecule has 1 saturated heterocycles. The second kappa shape index (κ2) is 10.6. The van der Waals surface area contributed by atoms with Gasteiger partial charge in [0.05, 0.1) is 35.6 Å². The van der Waals surface area contributed by atoms with Crippen LogP contribution in [0.1, 0.15) is 17.3 Å². The molecule has 5 rings (SSSR count). The van der Waals surface area contributed by atoms with Gasteiger partial charge < -0.3 is 19.5 Å². The van der Waals surface area contributed by atoms with Gasteiger partial charge in [-0.2, -0.15) is 5.26 Å². The van der Waals surface area contributed by atoms with Crippen LogP contribution in [-0.2, 0) is 16.3 Å². The quantitative estimate of drug-likeness (QED) is 0.253. The molecule has 0 aromatic carbocycles. The van der Waals surface area contributed by atoms with Crippen LogP contribution in [0.4, 0.5) is 0 Å². The third kappa shape index (κ3) is 5.55. The fraction of sp³-hybridized carbons (Fsp3) is 0.407. The SMILES string of the molecule is C[C@@H](NC(=O)c1cn(COCC[Si](C)(C)C)c2ncc(-c3cnc4ccccn34)nc12)C(=O)N1CC(C#N)C1. The van der Waals surface area contributed by atoms with Crippen molar-refractivity contribution in [2.45, 2.75) is 45.4 Å². The molecule has 11 nitrogen and oxygen atoms in total. The summed E-state index contributed by atoms with van der Waals surface area (Å²) < 4.78 is 9.64. The van der Waals surface area contributed by atoms with Gasteiger partial charge in [0.1, 0.15) is 29.6 Å². The molecular weight excluding hydrogens is 512 g/mol.